The highest BCUT2D eigenvalue weighted by Crippen LogP contribution is 2.81. The zero-order chi connectivity index (χ0) is 23.2. The number of hydrogen-bond acceptors (Lipinski definition) is 1. The molecule has 4 heteroatoms. The van der Waals surface area contributed by atoms with Crippen LogP contribution < -0.4 is 0 Å². The summed E-state index contributed by atoms with van der Waals surface area (Å²) in [6.07, 6.45) is -2.98. The van der Waals surface area contributed by atoms with E-state index in [1.165, 1.54) is 6.08 Å². The lowest BCUT2D eigenvalue weighted by atomic mass is 9.92. The molecule has 0 unspecified atom stereocenters. The lowest BCUT2D eigenvalue weighted by Crippen LogP contribution is -2.15. The predicted molar refractivity (Wildman–Crippen MR) is 120 cm³/mol. The fraction of sp³-hybridized carbons (Fsp3) is 0.407. The number of allylic oxidation sites excluding steroid dienone is 3. The Bertz CT molecular complexity index is 1020. The minimum Gasteiger partial charge on any atom is -0.493 e. The normalized spacial score (nSPS) is 25.3. The Morgan fingerprint density at radius 1 is 1.00 bits per heavy atom. The highest BCUT2D eigenvalue weighted by molar-refractivity contribution is 5.68. The number of rotatable bonds is 6. The molecule has 1 fully saturated rings. The van der Waals surface area contributed by atoms with Crippen molar-refractivity contribution in [1.29, 1.82) is 0 Å². The molecule has 2 atom stereocenters. The van der Waals surface area contributed by atoms with Crippen LogP contribution in [0.2, 0.25) is 0 Å². The van der Waals surface area contributed by atoms with Crippen molar-refractivity contribution in [3.63, 3.8) is 0 Å². The van der Waals surface area contributed by atoms with Crippen molar-refractivity contribution in [3.8, 4) is 11.1 Å². The summed E-state index contributed by atoms with van der Waals surface area (Å²) in [4.78, 5) is 0. The fourth-order valence-electron chi connectivity index (χ4n) is 4.94. The molecule has 31 heavy (non-hydrogen) atoms. The summed E-state index contributed by atoms with van der Waals surface area (Å²) < 4.78 is 45.7. The van der Waals surface area contributed by atoms with Crippen molar-refractivity contribution in [2.24, 2.45) is 16.2 Å². The molecule has 0 aliphatic heterocycles. The predicted octanol–water partition coefficient (Wildman–Crippen LogP) is 8.25. The van der Waals surface area contributed by atoms with E-state index in [9.17, 15) is 13.2 Å². The molecule has 0 bridgehead atoms. The Morgan fingerprint density at radius 3 is 2.19 bits per heavy atom. The number of hydrogen-bond donors (Lipinski definition) is 0. The third kappa shape index (κ3) is 3.60. The van der Waals surface area contributed by atoms with Crippen molar-refractivity contribution >= 4 is 0 Å². The first-order chi connectivity index (χ1) is 14.3. The topological polar surface area (TPSA) is 9.23 Å². The van der Waals surface area contributed by atoms with Crippen LogP contribution in [0.4, 0.5) is 13.2 Å². The van der Waals surface area contributed by atoms with Gasteiger partial charge in [-0.1, -0.05) is 88.9 Å². The van der Waals surface area contributed by atoms with Gasteiger partial charge in [0.1, 0.15) is 6.61 Å². The molecule has 0 heterocycles. The molecule has 166 valence electrons. The van der Waals surface area contributed by atoms with Crippen LogP contribution in [-0.2, 0) is 11.3 Å². The van der Waals surface area contributed by atoms with E-state index in [0.29, 0.717) is 12.4 Å². The Labute approximate surface area is 183 Å². The summed E-state index contributed by atoms with van der Waals surface area (Å²) in [6, 6.07) is 16.2. The summed E-state index contributed by atoms with van der Waals surface area (Å²) in [6.45, 7) is 15.4. The van der Waals surface area contributed by atoms with Crippen molar-refractivity contribution in [1.82, 2.24) is 0 Å². The summed E-state index contributed by atoms with van der Waals surface area (Å²) in [5.74, 6) is 0.524. The van der Waals surface area contributed by atoms with Crippen LogP contribution in [0.1, 0.15) is 45.7 Å². The average Bonchev–Trinajstić information content (AvgIpc) is 3.05. The van der Waals surface area contributed by atoms with E-state index in [4.69, 9.17) is 4.74 Å². The smallest absolute Gasteiger partial charge is 0.412 e. The average molecular weight is 429 g/mol. The third-order valence-corrected chi connectivity index (χ3v) is 7.97. The first kappa shape index (κ1) is 23.2. The number of benzene rings is 2. The molecule has 1 nitrogen and oxygen atoms in total. The van der Waals surface area contributed by atoms with Gasteiger partial charge in [-0.25, -0.2) is 0 Å². The summed E-state index contributed by atoms with van der Waals surface area (Å²) >= 11 is 0. The molecule has 0 spiro atoms. The minimum atomic E-state index is -4.33. The lowest BCUT2D eigenvalue weighted by molar-refractivity contribution is -0.0920. The maximum Gasteiger partial charge on any atom is 0.412 e. The zero-order valence-electron chi connectivity index (χ0n) is 19.2. The Kier molecular flexibility index (Phi) is 5.67. The highest BCUT2D eigenvalue weighted by atomic mass is 19.4. The highest BCUT2D eigenvalue weighted by Gasteiger charge is 2.78. The molecular formula is C27H31F3O. The van der Waals surface area contributed by atoms with E-state index in [2.05, 4.69) is 31.7 Å². The quantitative estimate of drug-likeness (QED) is 0.332. The van der Waals surface area contributed by atoms with E-state index < -0.39 is 28.0 Å². The molecule has 2 aromatic carbocycles. The maximum atomic E-state index is 13.2. The third-order valence-electron chi connectivity index (χ3n) is 7.97. The van der Waals surface area contributed by atoms with Gasteiger partial charge in [0.15, 0.2) is 0 Å². The summed E-state index contributed by atoms with van der Waals surface area (Å²) in [7, 11) is 0. The molecule has 0 saturated heterocycles. The van der Waals surface area contributed by atoms with Crippen molar-refractivity contribution in [3.05, 3.63) is 83.6 Å². The van der Waals surface area contributed by atoms with Crippen LogP contribution >= 0.6 is 0 Å². The largest absolute Gasteiger partial charge is 0.493 e. The van der Waals surface area contributed by atoms with Crippen LogP contribution in [0.25, 0.3) is 11.1 Å². The first-order valence-corrected chi connectivity index (χ1v) is 10.5. The van der Waals surface area contributed by atoms with Gasteiger partial charge in [-0.3, -0.25) is 0 Å². The van der Waals surface area contributed by atoms with Crippen LogP contribution in [0.15, 0.2) is 72.5 Å². The van der Waals surface area contributed by atoms with Crippen LogP contribution in [0, 0.1) is 23.2 Å². The van der Waals surface area contributed by atoms with E-state index in [1.54, 1.807) is 0 Å². The first-order valence-electron chi connectivity index (χ1n) is 10.5. The lowest BCUT2D eigenvalue weighted by Gasteiger charge is -2.22. The molecule has 0 radical (unpaired) electrons. The molecule has 0 amide bonds. The zero-order valence-corrected chi connectivity index (χ0v) is 19.2. The van der Waals surface area contributed by atoms with Crippen molar-refractivity contribution < 1.29 is 17.9 Å². The van der Waals surface area contributed by atoms with Gasteiger partial charge < -0.3 is 4.74 Å². The van der Waals surface area contributed by atoms with Gasteiger partial charge in [-0.15, -0.1) is 0 Å². The second kappa shape index (κ2) is 7.58. The minimum absolute atomic E-state index is 0.328. The standard InChI is InChI=1S/C27H31F3O/c1-18(27(28,29)30)16-25(6)24(4,5)26(25,7)20(3)31-17-22-14-11-15-23(19(22)2)21-12-9-8-10-13-21/h8-16H,3,17H2,1-2,4-7H3/b18-16+/t25-,26+/m1/s1. The van der Waals surface area contributed by atoms with Crippen LogP contribution in [0.3, 0.4) is 0 Å². The van der Waals surface area contributed by atoms with Crippen molar-refractivity contribution in [2.75, 3.05) is 0 Å². The molecule has 0 N–H and O–H groups in total. The van der Waals surface area contributed by atoms with Gasteiger partial charge in [0.25, 0.3) is 0 Å². The van der Waals surface area contributed by atoms with Gasteiger partial charge in [0.2, 0.25) is 0 Å². The van der Waals surface area contributed by atoms with Crippen LogP contribution in [-0.4, -0.2) is 6.18 Å². The van der Waals surface area contributed by atoms with E-state index in [0.717, 1.165) is 29.2 Å². The van der Waals surface area contributed by atoms with Crippen molar-refractivity contribution in [2.45, 2.75) is 54.3 Å². The second-order valence-electron chi connectivity index (χ2n) is 9.45. The van der Waals surface area contributed by atoms with E-state index in [1.807, 2.05) is 58.0 Å². The second-order valence-corrected chi connectivity index (χ2v) is 9.45. The van der Waals surface area contributed by atoms with E-state index in [-0.39, 0.29) is 0 Å². The van der Waals surface area contributed by atoms with Gasteiger partial charge in [0.05, 0.1) is 5.76 Å². The van der Waals surface area contributed by atoms with Gasteiger partial charge in [0, 0.05) is 16.4 Å². The number of ether oxygens (including phenoxy) is 1. The van der Waals surface area contributed by atoms with Gasteiger partial charge in [-0.05, 0) is 41.5 Å². The van der Waals surface area contributed by atoms with Gasteiger partial charge >= 0.3 is 6.18 Å². The summed E-state index contributed by atoms with van der Waals surface area (Å²) in [5.41, 5.74) is 2.14. The Hall–Kier alpha value is -2.49. The fourth-order valence-corrected chi connectivity index (χ4v) is 4.94. The molecule has 3 rings (SSSR count). The molecule has 0 aromatic heterocycles. The van der Waals surface area contributed by atoms with Gasteiger partial charge in [-0.2, -0.15) is 13.2 Å². The SMILES string of the molecule is C=C(OCc1cccc(-c2ccccc2)c1C)[C@@]1(C)C(C)(C)[C@@]1(C)/C=C(\C)C(F)(F)F. The molecule has 2 aromatic rings. The number of halogens is 3. The Morgan fingerprint density at radius 2 is 1.61 bits per heavy atom. The monoisotopic (exact) mass is 428 g/mol. The molecule has 1 aliphatic rings. The maximum absolute atomic E-state index is 13.2. The molecular weight excluding hydrogens is 397 g/mol. The van der Waals surface area contributed by atoms with E-state index >= 15 is 0 Å². The molecule has 1 saturated carbocycles. The molecule has 1 aliphatic carbocycles. The summed E-state index contributed by atoms with van der Waals surface area (Å²) in [5, 5.41) is 0. The Balaban J connectivity index is 1.82. The van der Waals surface area contributed by atoms with Crippen LogP contribution in [0.5, 0.6) is 0 Å². The number of alkyl halides is 3.